The zero-order valence-corrected chi connectivity index (χ0v) is 17.3. The highest BCUT2D eigenvalue weighted by Gasteiger charge is 2.14. The molecule has 0 saturated carbocycles. The highest BCUT2D eigenvalue weighted by molar-refractivity contribution is 6.09. The number of phenolic OH excluding ortho intramolecular Hbond substituents is 1. The predicted molar refractivity (Wildman–Crippen MR) is 123 cm³/mol. The maximum absolute atomic E-state index is 12.6. The van der Waals surface area contributed by atoms with Gasteiger partial charge in [0.1, 0.15) is 17.4 Å². The highest BCUT2D eigenvalue weighted by Crippen LogP contribution is 2.26. The first-order valence-electron chi connectivity index (χ1n) is 9.86. The first-order chi connectivity index (χ1) is 15.0. The second-order valence-corrected chi connectivity index (χ2v) is 7.36. The van der Waals surface area contributed by atoms with Crippen LogP contribution in [0.3, 0.4) is 0 Å². The third kappa shape index (κ3) is 4.05. The SMILES string of the molecule is Cc1cc(/C=C(/C#N)C(=O)Nc2ccc(O)cc2)c(C)n1-c1ccc2ccccc2c1. The third-order valence-corrected chi connectivity index (χ3v) is 5.25. The molecule has 0 bridgehead atoms. The van der Waals surface area contributed by atoms with E-state index in [-0.39, 0.29) is 11.3 Å². The van der Waals surface area contributed by atoms with Gasteiger partial charge < -0.3 is 15.0 Å². The van der Waals surface area contributed by atoms with Crippen LogP contribution < -0.4 is 5.32 Å². The summed E-state index contributed by atoms with van der Waals surface area (Å²) in [6.45, 7) is 3.98. The van der Waals surface area contributed by atoms with Crippen LogP contribution in [0.1, 0.15) is 17.0 Å². The van der Waals surface area contributed by atoms with Gasteiger partial charge in [-0.3, -0.25) is 4.79 Å². The van der Waals surface area contributed by atoms with Crippen molar-refractivity contribution in [1.82, 2.24) is 4.57 Å². The molecule has 0 saturated heterocycles. The summed E-state index contributed by atoms with van der Waals surface area (Å²) in [5, 5.41) is 23.9. The molecular weight excluding hydrogens is 386 g/mol. The number of phenols is 1. The standard InChI is InChI=1S/C26H21N3O2/c1-17-13-21(14-22(16-27)26(31)28-23-8-11-25(30)12-9-23)18(2)29(17)24-10-7-19-5-3-4-6-20(19)15-24/h3-15,30H,1-2H3,(H,28,31)/b22-14-. The van der Waals surface area contributed by atoms with E-state index in [4.69, 9.17) is 0 Å². The Kier molecular flexibility index (Phi) is 5.30. The Morgan fingerprint density at radius 1 is 1.00 bits per heavy atom. The van der Waals surface area contributed by atoms with Crippen LogP contribution in [0, 0.1) is 25.2 Å². The van der Waals surface area contributed by atoms with Gasteiger partial charge in [-0.1, -0.05) is 30.3 Å². The van der Waals surface area contributed by atoms with Gasteiger partial charge in [-0.2, -0.15) is 5.26 Å². The van der Waals surface area contributed by atoms with Crippen LogP contribution >= 0.6 is 0 Å². The molecule has 0 unspecified atom stereocenters. The molecule has 0 aliphatic heterocycles. The summed E-state index contributed by atoms with van der Waals surface area (Å²) in [5.74, 6) is -0.390. The number of hydrogen-bond donors (Lipinski definition) is 2. The van der Waals surface area contributed by atoms with E-state index >= 15 is 0 Å². The van der Waals surface area contributed by atoms with Crippen molar-refractivity contribution >= 4 is 28.4 Å². The maximum Gasteiger partial charge on any atom is 0.266 e. The number of aromatic hydroxyl groups is 1. The first-order valence-corrected chi connectivity index (χ1v) is 9.86. The largest absolute Gasteiger partial charge is 0.508 e. The molecule has 2 N–H and O–H groups in total. The van der Waals surface area contributed by atoms with E-state index < -0.39 is 5.91 Å². The number of benzene rings is 3. The van der Waals surface area contributed by atoms with Gasteiger partial charge in [-0.15, -0.1) is 0 Å². The number of aromatic nitrogens is 1. The summed E-state index contributed by atoms with van der Waals surface area (Å²) in [7, 11) is 0. The summed E-state index contributed by atoms with van der Waals surface area (Å²) >= 11 is 0. The normalized spacial score (nSPS) is 11.3. The number of aryl methyl sites for hydroxylation is 1. The van der Waals surface area contributed by atoms with E-state index in [9.17, 15) is 15.2 Å². The zero-order chi connectivity index (χ0) is 22.0. The Bertz CT molecular complexity index is 1360. The summed E-state index contributed by atoms with van der Waals surface area (Å²) in [4.78, 5) is 12.6. The van der Waals surface area contributed by atoms with Crippen molar-refractivity contribution in [2.45, 2.75) is 13.8 Å². The number of fused-ring (bicyclic) bond motifs is 1. The van der Waals surface area contributed by atoms with Gasteiger partial charge in [-0.05, 0) is 78.7 Å². The molecule has 0 radical (unpaired) electrons. The number of rotatable bonds is 4. The molecule has 4 aromatic rings. The molecular formula is C26H21N3O2. The van der Waals surface area contributed by atoms with Crippen molar-refractivity contribution in [3.63, 3.8) is 0 Å². The van der Waals surface area contributed by atoms with E-state index in [0.717, 1.165) is 28.0 Å². The van der Waals surface area contributed by atoms with Crippen LogP contribution in [0.2, 0.25) is 0 Å². The molecule has 0 spiro atoms. The van der Waals surface area contributed by atoms with Crippen LogP contribution in [0.5, 0.6) is 5.75 Å². The predicted octanol–water partition coefficient (Wildman–Crippen LogP) is 5.50. The number of nitriles is 1. The van der Waals surface area contributed by atoms with Gasteiger partial charge in [0, 0.05) is 22.8 Å². The summed E-state index contributed by atoms with van der Waals surface area (Å²) in [5.41, 5.74) is 4.30. The minimum Gasteiger partial charge on any atom is -0.508 e. The molecule has 5 nitrogen and oxygen atoms in total. The average Bonchev–Trinajstić information content (AvgIpc) is 3.06. The van der Waals surface area contributed by atoms with E-state index in [1.807, 2.05) is 38.1 Å². The second-order valence-electron chi connectivity index (χ2n) is 7.36. The smallest absolute Gasteiger partial charge is 0.266 e. The number of amides is 1. The van der Waals surface area contributed by atoms with Gasteiger partial charge in [0.25, 0.3) is 5.91 Å². The fourth-order valence-corrected chi connectivity index (χ4v) is 3.69. The monoisotopic (exact) mass is 407 g/mol. The van der Waals surface area contributed by atoms with E-state index in [0.29, 0.717) is 5.69 Å². The fraction of sp³-hybridized carbons (Fsp3) is 0.0769. The number of hydrogen-bond acceptors (Lipinski definition) is 3. The zero-order valence-electron chi connectivity index (χ0n) is 17.3. The Balaban J connectivity index is 1.67. The van der Waals surface area contributed by atoms with Crippen LogP contribution in [0.15, 0.2) is 78.4 Å². The van der Waals surface area contributed by atoms with Crippen molar-refractivity contribution in [3.05, 3.63) is 95.3 Å². The van der Waals surface area contributed by atoms with E-state index in [1.54, 1.807) is 18.2 Å². The number of carbonyl (C=O) groups excluding carboxylic acids is 1. The first kappa shape index (κ1) is 20.0. The molecule has 1 heterocycles. The Labute approximate surface area is 180 Å². The molecule has 31 heavy (non-hydrogen) atoms. The molecule has 3 aromatic carbocycles. The van der Waals surface area contributed by atoms with Crippen molar-refractivity contribution < 1.29 is 9.90 Å². The quantitative estimate of drug-likeness (QED) is 0.266. The second kappa shape index (κ2) is 8.21. The number of anilines is 1. The summed E-state index contributed by atoms with van der Waals surface area (Å²) in [6.07, 6.45) is 1.61. The minimum absolute atomic E-state index is 0.00633. The number of nitrogens with zero attached hydrogens (tertiary/aromatic N) is 2. The highest BCUT2D eigenvalue weighted by atomic mass is 16.3. The molecule has 0 aliphatic rings. The fourth-order valence-electron chi connectivity index (χ4n) is 3.69. The molecule has 0 aliphatic carbocycles. The molecule has 152 valence electrons. The molecule has 4 rings (SSSR count). The van der Waals surface area contributed by atoms with Crippen molar-refractivity contribution in [1.29, 1.82) is 5.26 Å². The molecule has 1 aromatic heterocycles. The molecule has 5 heteroatoms. The maximum atomic E-state index is 12.6. The summed E-state index contributed by atoms with van der Waals surface area (Å²) < 4.78 is 2.12. The van der Waals surface area contributed by atoms with Gasteiger partial charge in [0.15, 0.2) is 0 Å². The molecule has 0 atom stereocenters. The minimum atomic E-state index is -0.497. The lowest BCUT2D eigenvalue weighted by atomic mass is 10.1. The van der Waals surface area contributed by atoms with Gasteiger partial charge in [0.2, 0.25) is 0 Å². The van der Waals surface area contributed by atoms with Crippen molar-refractivity contribution in [3.8, 4) is 17.5 Å². The van der Waals surface area contributed by atoms with Gasteiger partial charge in [-0.25, -0.2) is 0 Å². The lowest BCUT2D eigenvalue weighted by Gasteiger charge is -2.11. The van der Waals surface area contributed by atoms with E-state index in [2.05, 4.69) is 40.2 Å². The van der Waals surface area contributed by atoms with E-state index in [1.165, 1.54) is 17.5 Å². The Morgan fingerprint density at radius 3 is 2.42 bits per heavy atom. The Hall–Kier alpha value is -4.30. The Morgan fingerprint density at radius 2 is 1.71 bits per heavy atom. The van der Waals surface area contributed by atoms with Gasteiger partial charge in [0.05, 0.1) is 0 Å². The molecule has 0 fully saturated rings. The number of carbonyl (C=O) groups is 1. The average molecular weight is 407 g/mol. The summed E-state index contributed by atoms with van der Waals surface area (Å²) in [6, 6.07) is 24.5. The lowest BCUT2D eigenvalue weighted by Crippen LogP contribution is -2.13. The topological polar surface area (TPSA) is 78.1 Å². The number of nitrogens with one attached hydrogen (secondary N) is 1. The lowest BCUT2D eigenvalue weighted by molar-refractivity contribution is -0.112. The van der Waals surface area contributed by atoms with Crippen molar-refractivity contribution in [2.24, 2.45) is 0 Å². The van der Waals surface area contributed by atoms with Gasteiger partial charge >= 0.3 is 0 Å². The van der Waals surface area contributed by atoms with Crippen molar-refractivity contribution in [2.75, 3.05) is 5.32 Å². The van der Waals surface area contributed by atoms with Crippen LogP contribution in [-0.4, -0.2) is 15.6 Å². The van der Waals surface area contributed by atoms with Crippen LogP contribution in [0.4, 0.5) is 5.69 Å². The van der Waals surface area contributed by atoms with Crippen LogP contribution in [0.25, 0.3) is 22.5 Å². The van der Waals surface area contributed by atoms with Crippen LogP contribution in [-0.2, 0) is 4.79 Å². The molecule has 1 amide bonds. The third-order valence-electron chi connectivity index (χ3n) is 5.25.